The van der Waals surface area contributed by atoms with Crippen LogP contribution in [0.4, 0.5) is 0 Å². The predicted molar refractivity (Wildman–Crippen MR) is 97.0 cm³/mol. The Balaban J connectivity index is 0.000000136. The molecule has 0 fully saturated rings. The van der Waals surface area contributed by atoms with Gasteiger partial charge in [-0.2, -0.15) is 0 Å². The van der Waals surface area contributed by atoms with Crippen LogP contribution in [0.2, 0.25) is 0 Å². The molecule has 1 nitrogen and oxygen atoms in total. The normalized spacial score (nSPS) is 19.2. The van der Waals surface area contributed by atoms with Crippen LogP contribution in [0.15, 0.2) is 36.4 Å². The molecule has 122 valence electrons. The quantitative estimate of drug-likeness (QED) is 0.746. The minimum Gasteiger partial charge on any atom is -0.393 e. The molecule has 23 heavy (non-hydrogen) atoms. The van der Waals surface area contributed by atoms with Crippen LogP contribution in [-0.4, -0.2) is 11.2 Å². The van der Waals surface area contributed by atoms with E-state index in [1.807, 2.05) is 0 Å². The molecular formula is C22H28O. The minimum absolute atomic E-state index is 0.112. The van der Waals surface area contributed by atoms with Crippen molar-refractivity contribution < 1.29 is 5.11 Å². The van der Waals surface area contributed by atoms with Gasteiger partial charge in [-0.05, 0) is 92.2 Å². The molecule has 1 atom stereocenters. The van der Waals surface area contributed by atoms with Gasteiger partial charge in [0, 0.05) is 0 Å². The summed E-state index contributed by atoms with van der Waals surface area (Å²) in [4.78, 5) is 0. The van der Waals surface area contributed by atoms with Crippen LogP contribution in [0.3, 0.4) is 0 Å². The number of aryl methyl sites for hydroxylation is 4. The van der Waals surface area contributed by atoms with Crippen LogP contribution in [0.1, 0.15) is 52.6 Å². The van der Waals surface area contributed by atoms with Gasteiger partial charge in [0.05, 0.1) is 6.10 Å². The highest BCUT2D eigenvalue weighted by atomic mass is 16.3. The third-order valence-electron chi connectivity index (χ3n) is 5.32. The Morgan fingerprint density at radius 1 is 0.783 bits per heavy atom. The molecule has 0 saturated carbocycles. The molecule has 2 aromatic rings. The summed E-state index contributed by atoms with van der Waals surface area (Å²) in [7, 11) is 0. The van der Waals surface area contributed by atoms with Gasteiger partial charge in [0.2, 0.25) is 0 Å². The average molecular weight is 308 g/mol. The highest BCUT2D eigenvalue weighted by molar-refractivity contribution is 5.37. The standard InChI is InChI=1S/C11H14O.C11H14/c1-8-3-2-4-9-5-6-10(12)7-11(8)9;1-9-5-4-7-10-6-2-3-8-11(9)10/h2-4,10,12H,5-7H2,1H3;4-5,7H,2-3,6,8H2,1H3. The first-order valence-electron chi connectivity index (χ1n) is 8.98. The highest BCUT2D eigenvalue weighted by Gasteiger charge is 2.16. The maximum atomic E-state index is 9.48. The number of hydrogen-bond donors (Lipinski definition) is 1. The molecule has 1 heteroatoms. The van der Waals surface area contributed by atoms with Crippen molar-refractivity contribution >= 4 is 0 Å². The first-order valence-corrected chi connectivity index (χ1v) is 8.98. The third kappa shape index (κ3) is 3.84. The molecule has 1 N–H and O–H groups in total. The molecule has 1 unspecified atom stereocenters. The summed E-state index contributed by atoms with van der Waals surface area (Å²) in [5.74, 6) is 0. The van der Waals surface area contributed by atoms with E-state index in [0.29, 0.717) is 0 Å². The molecule has 0 aliphatic heterocycles. The predicted octanol–water partition coefficient (Wildman–Crippen LogP) is 4.72. The van der Waals surface area contributed by atoms with E-state index in [-0.39, 0.29) is 6.10 Å². The molecule has 0 heterocycles. The van der Waals surface area contributed by atoms with Gasteiger partial charge in [-0.3, -0.25) is 0 Å². The van der Waals surface area contributed by atoms with Crippen molar-refractivity contribution in [3.63, 3.8) is 0 Å². The number of fused-ring (bicyclic) bond motifs is 2. The monoisotopic (exact) mass is 308 g/mol. The fourth-order valence-electron chi connectivity index (χ4n) is 3.92. The number of benzene rings is 2. The molecule has 2 aliphatic rings. The lowest BCUT2D eigenvalue weighted by molar-refractivity contribution is 0.158. The molecule has 4 rings (SSSR count). The van der Waals surface area contributed by atoms with E-state index in [2.05, 4.69) is 50.2 Å². The Hall–Kier alpha value is -1.60. The summed E-state index contributed by atoms with van der Waals surface area (Å²) >= 11 is 0. The van der Waals surface area contributed by atoms with Gasteiger partial charge < -0.3 is 5.11 Å². The maximum absolute atomic E-state index is 9.48. The van der Waals surface area contributed by atoms with E-state index in [0.717, 1.165) is 19.3 Å². The largest absolute Gasteiger partial charge is 0.393 e. The summed E-state index contributed by atoms with van der Waals surface area (Å²) in [5.41, 5.74) is 8.83. The lowest BCUT2D eigenvalue weighted by atomic mass is 9.87. The van der Waals surface area contributed by atoms with E-state index in [4.69, 9.17) is 0 Å². The van der Waals surface area contributed by atoms with Crippen molar-refractivity contribution in [3.05, 3.63) is 69.8 Å². The van der Waals surface area contributed by atoms with Gasteiger partial charge in [-0.15, -0.1) is 0 Å². The smallest absolute Gasteiger partial charge is 0.0583 e. The zero-order chi connectivity index (χ0) is 16.2. The first kappa shape index (κ1) is 16.3. The van der Waals surface area contributed by atoms with E-state index >= 15 is 0 Å². The average Bonchev–Trinajstić information content (AvgIpc) is 2.57. The van der Waals surface area contributed by atoms with Crippen molar-refractivity contribution in [1.82, 2.24) is 0 Å². The van der Waals surface area contributed by atoms with E-state index in [1.54, 1.807) is 11.1 Å². The second kappa shape index (κ2) is 7.31. The summed E-state index contributed by atoms with van der Waals surface area (Å²) < 4.78 is 0. The topological polar surface area (TPSA) is 20.2 Å². The molecule has 0 amide bonds. The Kier molecular flexibility index (Phi) is 5.17. The molecule has 0 saturated heterocycles. The van der Waals surface area contributed by atoms with Crippen LogP contribution in [0.25, 0.3) is 0 Å². The van der Waals surface area contributed by atoms with Crippen molar-refractivity contribution in [2.45, 2.75) is 64.9 Å². The van der Waals surface area contributed by atoms with Gasteiger partial charge in [-0.25, -0.2) is 0 Å². The molecule has 0 bridgehead atoms. The van der Waals surface area contributed by atoms with Gasteiger partial charge in [-0.1, -0.05) is 36.4 Å². The summed E-state index contributed by atoms with van der Waals surface area (Å²) in [6.45, 7) is 4.35. The summed E-state index contributed by atoms with van der Waals surface area (Å²) in [5, 5.41) is 9.48. The van der Waals surface area contributed by atoms with Gasteiger partial charge >= 0.3 is 0 Å². The van der Waals surface area contributed by atoms with E-state index < -0.39 is 0 Å². The zero-order valence-corrected chi connectivity index (χ0v) is 14.4. The first-order chi connectivity index (χ1) is 11.1. The van der Waals surface area contributed by atoms with Gasteiger partial charge in [0.25, 0.3) is 0 Å². The molecular weight excluding hydrogens is 280 g/mol. The van der Waals surface area contributed by atoms with E-state index in [9.17, 15) is 5.11 Å². The molecule has 2 aromatic carbocycles. The lowest BCUT2D eigenvalue weighted by Crippen LogP contribution is -2.19. The Bertz CT molecular complexity index is 672. The van der Waals surface area contributed by atoms with Crippen LogP contribution in [-0.2, 0) is 25.7 Å². The maximum Gasteiger partial charge on any atom is 0.0583 e. The number of rotatable bonds is 0. The molecule has 0 spiro atoms. The zero-order valence-electron chi connectivity index (χ0n) is 14.4. The van der Waals surface area contributed by atoms with Crippen molar-refractivity contribution in [2.75, 3.05) is 0 Å². The fourth-order valence-corrected chi connectivity index (χ4v) is 3.92. The second-order valence-corrected chi connectivity index (χ2v) is 7.03. The van der Waals surface area contributed by atoms with Crippen LogP contribution >= 0.6 is 0 Å². The third-order valence-corrected chi connectivity index (χ3v) is 5.32. The van der Waals surface area contributed by atoms with Crippen molar-refractivity contribution in [1.29, 1.82) is 0 Å². The second-order valence-electron chi connectivity index (χ2n) is 7.03. The Labute approximate surface area is 140 Å². The molecule has 0 aromatic heterocycles. The number of aliphatic hydroxyl groups is 1. The van der Waals surface area contributed by atoms with Crippen LogP contribution in [0, 0.1) is 13.8 Å². The fraction of sp³-hybridized carbons (Fsp3) is 0.455. The van der Waals surface area contributed by atoms with Crippen LogP contribution in [0.5, 0.6) is 0 Å². The van der Waals surface area contributed by atoms with Crippen LogP contribution < -0.4 is 0 Å². The summed E-state index contributed by atoms with van der Waals surface area (Å²) in [6.07, 6.45) is 8.09. The molecule has 0 radical (unpaired) electrons. The van der Waals surface area contributed by atoms with Gasteiger partial charge in [0.1, 0.15) is 0 Å². The Morgan fingerprint density at radius 2 is 1.39 bits per heavy atom. The minimum atomic E-state index is -0.112. The summed E-state index contributed by atoms with van der Waals surface area (Å²) in [6, 6.07) is 13.1. The SMILES string of the molecule is Cc1cccc2c1CC(O)CC2.Cc1cccc2c1CCCC2. The Morgan fingerprint density at radius 3 is 2.09 bits per heavy atom. The van der Waals surface area contributed by atoms with E-state index in [1.165, 1.54) is 47.9 Å². The number of aliphatic hydroxyl groups excluding tert-OH is 1. The van der Waals surface area contributed by atoms with Gasteiger partial charge in [0.15, 0.2) is 0 Å². The van der Waals surface area contributed by atoms with Crippen molar-refractivity contribution in [3.8, 4) is 0 Å². The molecule has 2 aliphatic carbocycles. The lowest BCUT2D eigenvalue weighted by Gasteiger charge is -2.21. The van der Waals surface area contributed by atoms with Crippen molar-refractivity contribution in [2.24, 2.45) is 0 Å². The number of hydrogen-bond acceptors (Lipinski definition) is 1. The highest BCUT2D eigenvalue weighted by Crippen LogP contribution is 2.24.